The lowest BCUT2D eigenvalue weighted by Gasteiger charge is -2.31. The van der Waals surface area contributed by atoms with Crippen LogP contribution >= 0.6 is 11.8 Å². The maximum Gasteiger partial charge on any atom is 0.211 e. The molecule has 3 atom stereocenters. The molecule has 4 rings (SSSR count). The maximum absolute atomic E-state index is 13.1. The predicted molar refractivity (Wildman–Crippen MR) is 117 cm³/mol. The Bertz CT molecular complexity index is 1050. The lowest BCUT2D eigenvalue weighted by atomic mass is 9.97. The third kappa shape index (κ3) is 3.48. The van der Waals surface area contributed by atoms with E-state index < -0.39 is 6.17 Å². The van der Waals surface area contributed by atoms with Crippen LogP contribution < -0.4 is 5.43 Å². The van der Waals surface area contributed by atoms with Crippen LogP contribution in [0.3, 0.4) is 0 Å². The number of benzene rings is 2. The number of aryl methyl sites for hydroxylation is 2. The molecule has 0 bridgehead atoms. The molecule has 2 aliphatic rings. The Hall–Kier alpha value is -2.88. The first kappa shape index (κ1) is 19.4. The lowest BCUT2D eigenvalue weighted by molar-refractivity contribution is 0.106. The van der Waals surface area contributed by atoms with Gasteiger partial charge in [-0.2, -0.15) is 5.26 Å². The summed E-state index contributed by atoms with van der Waals surface area (Å²) < 4.78 is 0. The highest BCUT2D eigenvalue weighted by Gasteiger charge is 2.45. The smallest absolute Gasteiger partial charge is 0.211 e. The minimum atomic E-state index is -0.444. The number of hydrogen-bond donors (Lipinski definition) is 1. The highest BCUT2D eigenvalue weighted by Crippen LogP contribution is 2.37. The number of hydrogen-bond acceptors (Lipinski definition) is 6. The number of fused-ring (bicyclic) bond motifs is 1. The molecule has 0 radical (unpaired) electrons. The van der Waals surface area contributed by atoms with E-state index in [1.54, 1.807) is 23.9 Å². The molecular formula is C23H22N4OS. The van der Waals surface area contributed by atoms with Crippen LogP contribution in [0.1, 0.15) is 27.0 Å². The van der Waals surface area contributed by atoms with E-state index >= 15 is 0 Å². The number of nitriles is 1. The van der Waals surface area contributed by atoms with Gasteiger partial charge >= 0.3 is 0 Å². The van der Waals surface area contributed by atoms with Crippen molar-refractivity contribution in [3.8, 4) is 6.07 Å². The van der Waals surface area contributed by atoms with Crippen LogP contribution in [0.15, 0.2) is 59.6 Å². The Kier molecular flexibility index (Phi) is 5.27. The van der Waals surface area contributed by atoms with E-state index in [-0.39, 0.29) is 17.1 Å². The van der Waals surface area contributed by atoms with Crippen LogP contribution in [-0.4, -0.2) is 34.3 Å². The number of nitrogens with zero attached hydrogens (tertiary/aromatic N) is 3. The van der Waals surface area contributed by atoms with Crippen molar-refractivity contribution in [3.63, 3.8) is 0 Å². The lowest BCUT2D eigenvalue weighted by Crippen LogP contribution is -2.40. The summed E-state index contributed by atoms with van der Waals surface area (Å²) in [7, 11) is 0. The minimum Gasteiger partial charge on any atom is -0.287 e. The van der Waals surface area contributed by atoms with Crippen molar-refractivity contribution in [2.24, 2.45) is 10.9 Å². The van der Waals surface area contributed by atoms with E-state index in [1.165, 1.54) is 5.56 Å². The third-order valence-electron chi connectivity index (χ3n) is 5.31. The van der Waals surface area contributed by atoms with Gasteiger partial charge in [0.25, 0.3) is 0 Å². The van der Waals surface area contributed by atoms with Crippen molar-refractivity contribution in [1.29, 1.82) is 5.26 Å². The molecule has 2 aliphatic heterocycles. The van der Waals surface area contributed by atoms with Crippen molar-refractivity contribution >= 4 is 29.0 Å². The zero-order valence-corrected chi connectivity index (χ0v) is 17.4. The van der Waals surface area contributed by atoms with Crippen LogP contribution in [0.2, 0.25) is 0 Å². The fourth-order valence-electron chi connectivity index (χ4n) is 3.84. The van der Waals surface area contributed by atoms with Crippen LogP contribution in [0.5, 0.6) is 0 Å². The summed E-state index contributed by atoms with van der Waals surface area (Å²) in [5.41, 5.74) is 8.60. The van der Waals surface area contributed by atoms with Gasteiger partial charge in [-0.15, -0.1) is 11.8 Å². The normalized spacial score (nSPS) is 23.1. The molecule has 1 saturated heterocycles. The molecule has 29 heavy (non-hydrogen) atoms. The molecule has 6 heteroatoms. The Balaban J connectivity index is 1.84. The number of ketones is 1. The van der Waals surface area contributed by atoms with Crippen molar-refractivity contribution in [2.45, 2.75) is 25.4 Å². The number of allylic oxidation sites excluding steroid dienone is 1. The minimum absolute atomic E-state index is 0.0888. The second-order valence-corrected chi connectivity index (χ2v) is 8.26. The molecule has 0 aromatic heterocycles. The van der Waals surface area contributed by atoms with Crippen molar-refractivity contribution in [3.05, 3.63) is 76.9 Å². The van der Waals surface area contributed by atoms with E-state index in [0.717, 1.165) is 16.8 Å². The largest absolute Gasteiger partial charge is 0.287 e. The SMILES string of the molecule is CSC1NN2C(c3ccc(C)cc3C)=CC(C(=O)c3ccccc3)=NC2C1C#N. The Morgan fingerprint density at radius 3 is 2.62 bits per heavy atom. The number of carbonyl (C=O) groups is 1. The van der Waals surface area contributed by atoms with E-state index in [0.29, 0.717) is 11.3 Å². The third-order valence-corrected chi connectivity index (χ3v) is 6.22. The number of thioether (sulfide) groups is 1. The van der Waals surface area contributed by atoms with Crippen molar-refractivity contribution < 1.29 is 4.79 Å². The molecule has 0 aliphatic carbocycles. The number of Topliss-reactive ketones (excluding diaryl/α,β-unsaturated/α-hetero) is 1. The molecule has 1 N–H and O–H groups in total. The number of carbonyl (C=O) groups excluding carboxylic acids is 1. The van der Waals surface area contributed by atoms with Gasteiger partial charge in [0.05, 0.1) is 17.1 Å². The summed E-state index contributed by atoms with van der Waals surface area (Å²) in [5, 5.41) is 11.7. The maximum atomic E-state index is 13.1. The van der Waals surface area contributed by atoms with E-state index in [2.05, 4.69) is 43.5 Å². The van der Waals surface area contributed by atoms with Gasteiger partial charge in [0.15, 0.2) is 6.17 Å². The summed E-state index contributed by atoms with van der Waals surface area (Å²) in [6.07, 6.45) is 3.37. The van der Waals surface area contributed by atoms with E-state index in [9.17, 15) is 10.1 Å². The highest BCUT2D eigenvalue weighted by atomic mass is 32.2. The zero-order valence-electron chi connectivity index (χ0n) is 16.6. The molecule has 0 saturated carbocycles. The summed E-state index contributed by atoms with van der Waals surface area (Å²) in [6, 6.07) is 17.8. The monoisotopic (exact) mass is 402 g/mol. The molecule has 2 aromatic carbocycles. The number of hydrazine groups is 1. The van der Waals surface area contributed by atoms with Crippen LogP contribution in [0, 0.1) is 31.1 Å². The van der Waals surface area contributed by atoms with Gasteiger partial charge in [-0.3, -0.25) is 14.8 Å². The second-order valence-electron chi connectivity index (χ2n) is 7.28. The van der Waals surface area contributed by atoms with Gasteiger partial charge in [0, 0.05) is 11.1 Å². The highest BCUT2D eigenvalue weighted by molar-refractivity contribution is 7.99. The van der Waals surface area contributed by atoms with Gasteiger partial charge in [0.2, 0.25) is 5.78 Å². The number of rotatable bonds is 4. The Morgan fingerprint density at radius 2 is 1.97 bits per heavy atom. The summed E-state index contributed by atoms with van der Waals surface area (Å²) >= 11 is 1.58. The molecule has 0 spiro atoms. The molecule has 2 aromatic rings. The molecule has 2 heterocycles. The molecular weight excluding hydrogens is 380 g/mol. The first-order valence-electron chi connectivity index (χ1n) is 9.48. The average Bonchev–Trinajstić information content (AvgIpc) is 3.11. The summed E-state index contributed by atoms with van der Waals surface area (Å²) in [4.78, 5) is 17.9. The van der Waals surface area contributed by atoms with Crippen LogP contribution in [0.4, 0.5) is 0 Å². The Labute approximate surface area is 175 Å². The fourth-order valence-corrected chi connectivity index (χ4v) is 4.56. The first-order chi connectivity index (χ1) is 14.0. The van der Waals surface area contributed by atoms with Gasteiger partial charge in [0.1, 0.15) is 11.6 Å². The number of nitrogens with one attached hydrogen (secondary N) is 1. The van der Waals surface area contributed by atoms with Crippen molar-refractivity contribution in [1.82, 2.24) is 10.4 Å². The summed E-state index contributed by atoms with van der Waals surface area (Å²) in [6.45, 7) is 4.12. The molecule has 5 nitrogen and oxygen atoms in total. The molecule has 146 valence electrons. The molecule has 0 amide bonds. The van der Waals surface area contributed by atoms with Crippen LogP contribution in [-0.2, 0) is 0 Å². The van der Waals surface area contributed by atoms with Gasteiger partial charge in [-0.1, -0.05) is 54.1 Å². The zero-order chi connectivity index (χ0) is 20.5. The molecule has 1 fully saturated rings. The summed E-state index contributed by atoms with van der Waals surface area (Å²) in [5.74, 6) is -0.491. The topological polar surface area (TPSA) is 68.5 Å². The van der Waals surface area contributed by atoms with Gasteiger partial charge in [-0.05, 0) is 31.7 Å². The van der Waals surface area contributed by atoms with Gasteiger partial charge < -0.3 is 0 Å². The quantitative estimate of drug-likeness (QED) is 0.784. The van der Waals surface area contributed by atoms with E-state index in [1.807, 2.05) is 35.5 Å². The van der Waals surface area contributed by atoms with Crippen molar-refractivity contribution in [2.75, 3.05) is 6.26 Å². The number of aliphatic imine (C=N–C) groups is 1. The average molecular weight is 403 g/mol. The Morgan fingerprint density at radius 1 is 1.21 bits per heavy atom. The standard InChI is InChI=1S/C23H22N4OS/c1-14-9-10-17(15(2)11-14)20-12-19(21(28)16-7-5-4-6-8-16)25-22-18(13-24)23(29-3)26-27(20)22/h4-12,18,22-23,26H,1-3H3. The van der Waals surface area contributed by atoms with E-state index in [4.69, 9.17) is 4.99 Å². The first-order valence-corrected chi connectivity index (χ1v) is 10.8. The van der Waals surface area contributed by atoms with Crippen LogP contribution in [0.25, 0.3) is 5.70 Å². The second kappa shape index (κ2) is 7.86. The van der Waals surface area contributed by atoms with Gasteiger partial charge in [-0.25, -0.2) is 5.43 Å². The fraction of sp³-hybridized carbons (Fsp3) is 0.261. The predicted octanol–water partition coefficient (Wildman–Crippen LogP) is 3.96. The molecule has 3 unspecified atom stereocenters.